The summed E-state index contributed by atoms with van der Waals surface area (Å²) in [4.78, 5) is 12.3. The van der Waals surface area contributed by atoms with E-state index in [1.807, 2.05) is 0 Å². The molecule has 0 bridgehead atoms. The fraction of sp³-hybridized carbons (Fsp3) is 0.409. The summed E-state index contributed by atoms with van der Waals surface area (Å²) in [7, 11) is -3.83. The van der Waals surface area contributed by atoms with Gasteiger partial charge in [0.25, 0.3) is 0 Å². The van der Waals surface area contributed by atoms with Crippen LogP contribution < -0.4 is 10.5 Å². The number of anilines is 1. The minimum atomic E-state index is -3.83. The molecule has 4 rings (SSSR count). The lowest BCUT2D eigenvalue weighted by Gasteiger charge is -2.19. The van der Waals surface area contributed by atoms with E-state index in [1.165, 1.54) is 26.0 Å². The highest BCUT2D eigenvalue weighted by molar-refractivity contribution is 7.91. The van der Waals surface area contributed by atoms with Crippen LogP contribution in [0.1, 0.15) is 54.5 Å². The second-order valence-corrected chi connectivity index (χ2v) is 10.7. The highest BCUT2D eigenvalue weighted by Crippen LogP contribution is 2.44. The maximum atomic E-state index is 14.6. The standard InChI is InChI=1S/C22H25ClFN3O3S/c1-22(2,29)12-9-10-18(17(24)11-12)31(25,30)27-21(28)26-20-15-7-3-5-13(15)19(23)14-6-4-8-16(14)20/h9-11,29H,3-8H2,1-2H3,(H3,25,26,27,28,30). The summed E-state index contributed by atoms with van der Waals surface area (Å²) in [5.41, 5.74) is 3.81. The van der Waals surface area contributed by atoms with Crippen LogP contribution in [-0.2, 0) is 41.2 Å². The number of carbonyl (C=O) groups excluding carboxylic acids is 1. The van der Waals surface area contributed by atoms with E-state index in [9.17, 15) is 18.5 Å². The van der Waals surface area contributed by atoms with Crippen molar-refractivity contribution in [2.24, 2.45) is 9.50 Å². The first-order valence-electron chi connectivity index (χ1n) is 10.2. The van der Waals surface area contributed by atoms with Crippen LogP contribution in [0, 0.1) is 5.82 Å². The molecule has 0 aliphatic heterocycles. The van der Waals surface area contributed by atoms with Crippen molar-refractivity contribution in [1.29, 1.82) is 0 Å². The number of fused-ring (bicyclic) bond motifs is 2. The van der Waals surface area contributed by atoms with Crippen molar-refractivity contribution in [2.45, 2.75) is 62.9 Å². The zero-order chi connectivity index (χ0) is 22.6. The van der Waals surface area contributed by atoms with Crippen LogP contribution in [0.4, 0.5) is 14.9 Å². The van der Waals surface area contributed by atoms with Gasteiger partial charge >= 0.3 is 6.03 Å². The number of hydrogen-bond donors (Lipinski definition) is 3. The maximum absolute atomic E-state index is 14.6. The Hall–Kier alpha value is -2.00. The molecule has 0 radical (unpaired) electrons. The number of benzene rings is 2. The van der Waals surface area contributed by atoms with Crippen molar-refractivity contribution in [3.63, 3.8) is 0 Å². The predicted octanol–water partition coefficient (Wildman–Crippen LogP) is 4.62. The van der Waals surface area contributed by atoms with Gasteiger partial charge in [-0.15, -0.1) is 4.36 Å². The van der Waals surface area contributed by atoms with Gasteiger partial charge in [-0.1, -0.05) is 17.7 Å². The predicted molar refractivity (Wildman–Crippen MR) is 119 cm³/mol. The third-order valence-electron chi connectivity index (χ3n) is 5.97. The van der Waals surface area contributed by atoms with Crippen LogP contribution >= 0.6 is 11.6 Å². The summed E-state index contributed by atoms with van der Waals surface area (Å²) in [6.45, 7) is 3.00. The zero-order valence-electron chi connectivity index (χ0n) is 17.4. The fourth-order valence-electron chi connectivity index (χ4n) is 4.46. The Bertz CT molecular complexity index is 1180. The van der Waals surface area contributed by atoms with E-state index in [0.29, 0.717) is 11.3 Å². The van der Waals surface area contributed by atoms with Crippen molar-refractivity contribution >= 4 is 33.2 Å². The van der Waals surface area contributed by atoms with Gasteiger partial charge in [-0.3, -0.25) is 0 Å². The molecule has 9 heteroatoms. The Morgan fingerprint density at radius 1 is 1.16 bits per heavy atom. The molecule has 0 heterocycles. The molecule has 1 unspecified atom stereocenters. The largest absolute Gasteiger partial charge is 0.386 e. The second-order valence-electron chi connectivity index (χ2n) is 8.60. The number of carbonyl (C=O) groups is 1. The van der Waals surface area contributed by atoms with Crippen molar-refractivity contribution in [3.05, 3.63) is 56.9 Å². The SMILES string of the molecule is CC(C)(O)c1ccc(S(N)(=O)=NC(=O)Nc2c3c(c(Cl)c4c2CCC4)CCC3)c(F)c1. The van der Waals surface area contributed by atoms with Crippen LogP contribution in [0.15, 0.2) is 27.5 Å². The van der Waals surface area contributed by atoms with Gasteiger partial charge in [0.1, 0.15) is 15.7 Å². The third kappa shape index (κ3) is 4.09. The van der Waals surface area contributed by atoms with Crippen molar-refractivity contribution < 1.29 is 18.5 Å². The summed E-state index contributed by atoms with van der Waals surface area (Å²) >= 11 is 6.60. The monoisotopic (exact) mass is 465 g/mol. The molecule has 2 aromatic carbocycles. The van der Waals surface area contributed by atoms with Crippen LogP contribution in [0.5, 0.6) is 0 Å². The van der Waals surface area contributed by atoms with Crippen molar-refractivity contribution in [3.8, 4) is 0 Å². The second kappa shape index (κ2) is 7.85. The lowest BCUT2D eigenvalue weighted by atomic mass is 9.98. The Labute approximate surface area is 186 Å². The zero-order valence-corrected chi connectivity index (χ0v) is 19.0. The minimum absolute atomic E-state index is 0.292. The first kappa shape index (κ1) is 22.2. The molecule has 2 aliphatic rings. The molecule has 1 atom stereocenters. The van der Waals surface area contributed by atoms with Gasteiger partial charge < -0.3 is 10.4 Å². The molecule has 2 aromatic rings. The maximum Gasteiger partial charge on any atom is 0.354 e. The van der Waals surface area contributed by atoms with E-state index in [2.05, 4.69) is 9.68 Å². The number of halogens is 2. The molecule has 0 saturated carbocycles. The molecule has 0 fully saturated rings. The Morgan fingerprint density at radius 2 is 1.71 bits per heavy atom. The number of nitrogens with one attached hydrogen (secondary N) is 1. The molecular formula is C22H25ClFN3O3S. The molecule has 0 aromatic heterocycles. The molecule has 31 heavy (non-hydrogen) atoms. The molecule has 2 aliphatic carbocycles. The van der Waals surface area contributed by atoms with E-state index in [4.69, 9.17) is 16.7 Å². The molecule has 2 amide bonds. The molecule has 4 N–H and O–H groups in total. The molecule has 166 valence electrons. The van der Waals surface area contributed by atoms with Gasteiger partial charge in [0.05, 0.1) is 10.5 Å². The van der Waals surface area contributed by atoms with Gasteiger partial charge in [0, 0.05) is 10.7 Å². The summed E-state index contributed by atoms with van der Waals surface area (Å²) in [6, 6.07) is 2.77. The van der Waals surface area contributed by atoms with Crippen molar-refractivity contribution in [1.82, 2.24) is 0 Å². The van der Waals surface area contributed by atoms with E-state index < -0.39 is 27.4 Å². The topological polar surface area (TPSA) is 105 Å². The van der Waals surface area contributed by atoms with E-state index in [0.717, 1.165) is 71.9 Å². The van der Waals surface area contributed by atoms with E-state index in [1.54, 1.807) is 0 Å². The average Bonchev–Trinajstić information content (AvgIpc) is 3.33. The molecule has 6 nitrogen and oxygen atoms in total. The quantitative estimate of drug-likeness (QED) is 0.616. The number of rotatable bonds is 3. The highest BCUT2D eigenvalue weighted by atomic mass is 35.5. The number of aliphatic hydroxyl groups is 1. The fourth-order valence-corrected chi connectivity index (χ4v) is 5.87. The van der Waals surface area contributed by atoms with Crippen LogP contribution in [0.2, 0.25) is 5.02 Å². The summed E-state index contributed by atoms with van der Waals surface area (Å²) in [5.74, 6) is -0.892. The number of urea groups is 1. The number of hydrogen-bond acceptors (Lipinski definition) is 3. The molecule has 0 spiro atoms. The number of nitrogens with zero attached hydrogens (tertiary/aromatic N) is 1. The van der Waals surface area contributed by atoms with Gasteiger partial charge in [0.2, 0.25) is 0 Å². The van der Waals surface area contributed by atoms with Gasteiger partial charge in [-0.2, -0.15) is 0 Å². The van der Waals surface area contributed by atoms with Crippen LogP contribution in [-0.4, -0.2) is 15.3 Å². The summed E-state index contributed by atoms with van der Waals surface area (Å²) in [6.07, 6.45) is 5.20. The molecule has 0 saturated heterocycles. The van der Waals surface area contributed by atoms with Gasteiger partial charge in [-0.05, 0) is 92.3 Å². The van der Waals surface area contributed by atoms with Crippen molar-refractivity contribution in [2.75, 3.05) is 5.32 Å². The van der Waals surface area contributed by atoms with E-state index in [-0.39, 0.29) is 4.90 Å². The molecular weight excluding hydrogens is 441 g/mol. The lowest BCUT2D eigenvalue weighted by molar-refractivity contribution is 0.0781. The number of nitrogens with two attached hydrogens (primary N) is 1. The first-order chi connectivity index (χ1) is 14.5. The normalized spacial score (nSPS) is 17.1. The highest BCUT2D eigenvalue weighted by Gasteiger charge is 2.29. The number of amides is 2. The van der Waals surface area contributed by atoms with Gasteiger partial charge in [0.15, 0.2) is 0 Å². The summed E-state index contributed by atoms with van der Waals surface area (Å²) < 4.78 is 31.1. The van der Waals surface area contributed by atoms with E-state index >= 15 is 0 Å². The first-order valence-corrected chi connectivity index (χ1v) is 12.2. The smallest absolute Gasteiger partial charge is 0.354 e. The van der Waals surface area contributed by atoms with Crippen LogP contribution in [0.3, 0.4) is 0 Å². The average molecular weight is 466 g/mol. The van der Waals surface area contributed by atoms with Gasteiger partial charge in [-0.25, -0.2) is 18.5 Å². The lowest BCUT2D eigenvalue weighted by Crippen LogP contribution is -2.21. The Kier molecular flexibility index (Phi) is 5.62. The minimum Gasteiger partial charge on any atom is -0.386 e. The Balaban J connectivity index is 1.69. The summed E-state index contributed by atoms with van der Waals surface area (Å²) in [5, 5.41) is 19.4. The van der Waals surface area contributed by atoms with Crippen LogP contribution in [0.25, 0.3) is 0 Å². The Morgan fingerprint density at radius 3 is 2.23 bits per heavy atom. The third-order valence-corrected chi connectivity index (χ3v) is 7.83.